The maximum absolute atomic E-state index is 13.1. The van der Waals surface area contributed by atoms with E-state index in [1.807, 2.05) is 10.9 Å². The molecule has 0 saturated heterocycles. The van der Waals surface area contributed by atoms with E-state index in [2.05, 4.69) is 71.3 Å². The maximum Gasteiger partial charge on any atom is 0.323 e. The van der Waals surface area contributed by atoms with E-state index in [1.165, 1.54) is 23.4 Å². The molecular weight excluding hydrogens is 554 g/mol. The normalized spacial score (nSPS) is 13.7. The van der Waals surface area contributed by atoms with Crippen molar-refractivity contribution in [3.05, 3.63) is 78.1 Å². The Kier molecular flexibility index (Phi) is 7.93. The van der Waals surface area contributed by atoms with Crippen molar-refractivity contribution in [2.45, 2.75) is 39.3 Å². The monoisotopic (exact) mass is 589 g/mol. The summed E-state index contributed by atoms with van der Waals surface area (Å²) in [5.41, 5.74) is 5.22. The molecule has 42 heavy (non-hydrogen) atoms. The largest absolute Gasteiger partial charge is 0.457 e. The number of rotatable bonds is 7. The average Bonchev–Trinajstić information content (AvgIpc) is 3.33. The van der Waals surface area contributed by atoms with Gasteiger partial charge in [-0.1, -0.05) is 12.1 Å². The molecule has 12 heteroatoms. The van der Waals surface area contributed by atoms with Gasteiger partial charge in [0.1, 0.15) is 23.0 Å². The second-order valence-electron chi connectivity index (χ2n) is 11.4. The van der Waals surface area contributed by atoms with E-state index in [0.29, 0.717) is 28.6 Å². The number of anilines is 3. The molecule has 2 aromatic carbocycles. The zero-order chi connectivity index (χ0) is 30.1. The molecule has 0 unspecified atom stereocenters. The number of sulfonamides is 1. The minimum absolute atomic E-state index is 0.155. The fourth-order valence-electron chi connectivity index (χ4n) is 4.61. The minimum Gasteiger partial charge on any atom is -0.457 e. The lowest BCUT2D eigenvalue weighted by molar-refractivity contribution is 0.262. The highest BCUT2D eigenvalue weighted by molar-refractivity contribution is 7.92. The SMILES string of the molecule is CN1CCc2cc(-c3nn(C(C)(C)C)cc3NC(=O)Nc3ccc(Oc4ccnc(NS(C)(=O)=O)c4)cc3)ccc2C1. The third-order valence-electron chi connectivity index (χ3n) is 6.70. The second-order valence-corrected chi connectivity index (χ2v) is 13.2. The molecule has 3 N–H and O–H groups in total. The zero-order valence-corrected chi connectivity index (χ0v) is 25.1. The number of ether oxygens (including phenoxy) is 1. The molecule has 3 heterocycles. The molecule has 0 aliphatic carbocycles. The standard InChI is InChI=1S/C30H35N7O4S/c1-30(2,3)37-19-26(28(34-37)21-6-7-22-18-36(4)15-13-20(22)16-21)33-29(38)32-23-8-10-24(11-9-23)41-25-12-14-31-27(17-25)35-42(5,39)40/h6-12,14,16-17,19H,13,15,18H2,1-5H3,(H,31,35)(H2,32,33,38). The average molecular weight is 590 g/mol. The summed E-state index contributed by atoms with van der Waals surface area (Å²) in [6.45, 7) is 8.13. The second kappa shape index (κ2) is 11.5. The lowest BCUT2D eigenvalue weighted by Crippen LogP contribution is -2.26. The van der Waals surface area contributed by atoms with Gasteiger partial charge in [0.25, 0.3) is 0 Å². The van der Waals surface area contributed by atoms with Crippen LogP contribution < -0.4 is 20.1 Å². The number of hydrogen-bond acceptors (Lipinski definition) is 7. The Hall–Kier alpha value is -4.42. The van der Waals surface area contributed by atoms with Gasteiger partial charge in [0.2, 0.25) is 10.0 Å². The van der Waals surface area contributed by atoms with Gasteiger partial charge in [-0.2, -0.15) is 5.10 Å². The van der Waals surface area contributed by atoms with E-state index in [9.17, 15) is 13.2 Å². The fraction of sp³-hybridized carbons (Fsp3) is 0.300. The number of likely N-dealkylation sites (N-methyl/N-ethyl adjacent to an activating group) is 1. The molecule has 11 nitrogen and oxygen atoms in total. The van der Waals surface area contributed by atoms with Crippen molar-refractivity contribution in [1.82, 2.24) is 19.7 Å². The van der Waals surface area contributed by atoms with Gasteiger partial charge in [-0.05, 0) is 81.8 Å². The molecule has 1 aliphatic heterocycles. The van der Waals surface area contributed by atoms with Crippen LogP contribution >= 0.6 is 0 Å². The number of urea groups is 1. The van der Waals surface area contributed by atoms with Crippen molar-refractivity contribution >= 4 is 33.2 Å². The number of carbonyl (C=O) groups is 1. The fourth-order valence-corrected chi connectivity index (χ4v) is 5.10. The van der Waals surface area contributed by atoms with Crippen LogP contribution in [0.3, 0.4) is 0 Å². The van der Waals surface area contributed by atoms with E-state index in [1.54, 1.807) is 30.3 Å². The van der Waals surface area contributed by atoms with Crippen molar-refractivity contribution in [1.29, 1.82) is 0 Å². The van der Waals surface area contributed by atoms with Crippen LogP contribution in [0.5, 0.6) is 11.5 Å². The summed E-state index contributed by atoms with van der Waals surface area (Å²) in [5.74, 6) is 1.07. The predicted molar refractivity (Wildman–Crippen MR) is 165 cm³/mol. The smallest absolute Gasteiger partial charge is 0.323 e. The van der Waals surface area contributed by atoms with Crippen molar-refractivity contribution in [2.75, 3.05) is 35.2 Å². The van der Waals surface area contributed by atoms with Crippen LogP contribution in [-0.4, -0.2) is 54.0 Å². The van der Waals surface area contributed by atoms with Crippen LogP contribution in [0.15, 0.2) is 67.0 Å². The number of benzene rings is 2. The first-order valence-electron chi connectivity index (χ1n) is 13.5. The van der Waals surface area contributed by atoms with Crippen molar-refractivity contribution in [3.8, 4) is 22.8 Å². The number of carbonyl (C=O) groups excluding carboxylic acids is 1. The molecule has 2 aromatic heterocycles. The molecule has 0 radical (unpaired) electrons. The van der Waals surface area contributed by atoms with E-state index >= 15 is 0 Å². The van der Waals surface area contributed by atoms with E-state index in [0.717, 1.165) is 31.3 Å². The van der Waals surface area contributed by atoms with E-state index in [4.69, 9.17) is 9.84 Å². The van der Waals surface area contributed by atoms with Crippen LogP contribution in [-0.2, 0) is 28.5 Å². The van der Waals surface area contributed by atoms with Gasteiger partial charge < -0.3 is 20.3 Å². The summed E-state index contributed by atoms with van der Waals surface area (Å²) >= 11 is 0. The molecule has 0 atom stereocenters. The topological polar surface area (TPSA) is 130 Å². The van der Waals surface area contributed by atoms with Crippen LogP contribution in [0.1, 0.15) is 31.9 Å². The molecule has 2 amide bonds. The van der Waals surface area contributed by atoms with Crippen molar-refractivity contribution < 1.29 is 17.9 Å². The molecule has 0 fully saturated rings. The summed E-state index contributed by atoms with van der Waals surface area (Å²) in [6, 6.07) is 15.9. The number of aromatic nitrogens is 3. The van der Waals surface area contributed by atoms with Crippen LogP contribution in [0.25, 0.3) is 11.3 Å². The predicted octanol–water partition coefficient (Wildman–Crippen LogP) is 5.50. The zero-order valence-electron chi connectivity index (χ0n) is 24.3. The number of pyridine rings is 1. The number of hydrogen-bond donors (Lipinski definition) is 3. The molecule has 220 valence electrons. The van der Waals surface area contributed by atoms with Gasteiger partial charge in [-0.3, -0.25) is 9.40 Å². The summed E-state index contributed by atoms with van der Waals surface area (Å²) < 4.78 is 32.9. The summed E-state index contributed by atoms with van der Waals surface area (Å²) in [4.78, 5) is 19.3. The Labute approximate surface area is 246 Å². The van der Waals surface area contributed by atoms with Gasteiger partial charge >= 0.3 is 6.03 Å². The highest BCUT2D eigenvalue weighted by Gasteiger charge is 2.22. The number of amides is 2. The molecule has 4 aromatic rings. The lowest BCUT2D eigenvalue weighted by atomic mass is 9.96. The minimum atomic E-state index is -3.46. The number of nitrogens with zero attached hydrogens (tertiary/aromatic N) is 4. The molecular formula is C30H35N7O4S. The first-order valence-corrected chi connectivity index (χ1v) is 15.4. The Morgan fingerprint density at radius 3 is 2.45 bits per heavy atom. The van der Waals surface area contributed by atoms with Crippen molar-refractivity contribution in [2.24, 2.45) is 0 Å². The van der Waals surface area contributed by atoms with Crippen LogP contribution in [0.2, 0.25) is 0 Å². The Morgan fingerprint density at radius 1 is 0.976 bits per heavy atom. The summed E-state index contributed by atoms with van der Waals surface area (Å²) in [7, 11) is -1.33. The van der Waals surface area contributed by atoms with Gasteiger partial charge in [0, 0.05) is 42.8 Å². The van der Waals surface area contributed by atoms with Gasteiger partial charge in [0.05, 0.1) is 17.5 Å². The molecule has 0 spiro atoms. The highest BCUT2D eigenvalue weighted by Crippen LogP contribution is 2.32. The number of nitrogens with one attached hydrogen (secondary N) is 3. The van der Waals surface area contributed by atoms with Gasteiger partial charge in [0.15, 0.2) is 0 Å². The van der Waals surface area contributed by atoms with E-state index in [-0.39, 0.29) is 11.4 Å². The Balaban J connectivity index is 1.29. The summed E-state index contributed by atoms with van der Waals surface area (Å²) in [5, 5.41) is 10.7. The third-order valence-corrected chi connectivity index (χ3v) is 7.28. The maximum atomic E-state index is 13.1. The Bertz CT molecular complexity index is 1710. The molecule has 0 bridgehead atoms. The van der Waals surface area contributed by atoms with Crippen LogP contribution in [0, 0.1) is 0 Å². The van der Waals surface area contributed by atoms with Crippen LogP contribution in [0.4, 0.5) is 22.0 Å². The van der Waals surface area contributed by atoms with E-state index < -0.39 is 16.1 Å². The highest BCUT2D eigenvalue weighted by atomic mass is 32.2. The molecule has 1 aliphatic rings. The van der Waals surface area contributed by atoms with Gasteiger partial charge in [-0.15, -0.1) is 0 Å². The first kappa shape index (κ1) is 29.1. The lowest BCUT2D eigenvalue weighted by Gasteiger charge is -2.25. The van der Waals surface area contributed by atoms with Crippen molar-refractivity contribution in [3.63, 3.8) is 0 Å². The molecule has 0 saturated carbocycles. The molecule has 5 rings (SSSR count). The Morgan fingerprint density at radius 2 is 1.74 bits per heavy atom. The number of fused-ring (bicyclic) bond motifs is 1. The quantitative estimate of drug-likeness (QED) is 0.260. The summed E-state index contributed by atoms with van der Waals surface area (Å²) in [6.07, 6.45) is 5.33. The van der Waals surface area contributed by atoms with Gasteiger partial charge in [-0.25, -0.2) is 18.2 Å². The first-order chi connectivity index (χ1) is 19.8. The third kappa shape index (κ3) is 7.25.